The lowest BCUT2D eigenvalue weighted by Crippen LogP contribution is -2.11. The van der Waals surface area contributed by atoms with Gasteiger partial charge in [0.15, 0.2) is 0 Å². The number of anilines is 1. The zero-order valence-electron chi connectivity index (χ0n) is 12.5. The Labute approximate surface area is 133 Å². The summed E-state index contributed by atoms with van der Waals surface area (Å²) in [6, 6.07) is 12.2. The molecule has 0 unspecified atom stereocenters. The van der Waals surface area contributed by atoms with E-state index in [0.717, 1.165) is 35.6 Å². The van der Waals surface area contributed by atoms with Gasteiger partial charge in [0.2, 0.25) is 0 Å². The van der Waals surface area contributed by atoms with Crippen molar-refractivity contribution in [3.63, 3.8) is 0 Å². The number of hydrogen-bond donors (Lipinski definition) is 2. The van der Waals surface area contributed by atoms with Crippen LogP contribution in [0.15, 0.2) is 61.4 Å². The van der Waals surface area contributed by atoms with E-state index in [0.29, 0.717) is 0 Å². The molecule has 6 heteroatoms. The van der Waals surface area contributed by atoms with Crippen LogP contribution in [0.4, 0.5) is 5.82 Å². The first-order chi connectivity index (χ1) is 11.4. The largest absolute Gasteiger partial charge is 0.368 e. The van der Waals surface area contributed by atoms with Crippen molar-refractivity contribution in [2.45, 2.75) is 6.54 Å². The van der Waals surface area contributed by atoms with E-state index < -0.39 is 0 Å². The first-order valence-corrected chi connectivity index (χ1v) is 7.49. The second-order valence-electron chi connectivity index (χ2n) is 5.23. The summed E-state index contributed by atoms with van der Waals surface area (Å²) in [6.45, 7) is 1.56. The number of benzene rings is 1. The molecule has 4 aromatic rings. The SMILES string of the molecule is c1ccc(-c2cncn2CCNc2ncnc3[nH]ccc23)cc1. The molecule has 23 heavy (non-hydrogen) atoms. The van der Waals surface area contributed by atoms with Crippen LogP contribution in [-0.4, -0.2) is 31.0 Å². The fourth-order valence-electron chi connectivity index (χ4n) is 2.66. The first kappa shape index (κ1) is 13.5. The number of aromatic nitrogens is 5. The van der Waals surface area contributed by atoms with Crippen molar-refractivity contribution in [2.75, 3.05) is 11.9 Å². The van der Waals surface area contributed by atoms with E-state index in [-0.39, 0.29) is 0 Å². The standard InChI is InChI=1S/C17H16N6/c1-2-4-13(5-3-1)15-10-18-12-23(15)9-8-20-17-14-6-7-19-16(14)21-11-22-17/h1-7,10-12H,8-9H2,(H2,19,20,21,22). The van der Waals surface area contributed by atoms with Crippen molar-refractivity contribution in [1.82, 2.24) is 24.5 Å². The maximum atomic E-state index is 4.31. The zero-order valence-corrected chi connectivity index (χ0v) is 12.5. The summed E-state index contributed by atoms with van der Waals surface area (Å²) < 4.78 is 2.14. The molecule has 1 aromatic carbocycles. The highest BCUT2D eigenvalue weighted by Crippen LogP contribution is 2.19. The minimum atomic E-state index is 0.757. The van der Waals surface area contributed by atoms with Crippen molar-refractivity contribution in [3.8, 4) is 11.3 Å². The fraction of sp³-hybridized carbons (Fsp3) is 0.118. The number of fused-ring (bicyclic) bond motifs is 1. The van der Waals surface area contributed by atoms with E-state index in [1.165, 1.54) is 5.56 Å². The Morgan fingerprint density at radius 3 is 2.91 bits per heavy atom. The summed E-state index contributed by atoms with van der Waals surface area (Å²) in [7, 11) is 0. The highest BCUT2D eigenvalue weighted by molar-refractivity contribution is 5.86. The van der Waals surface area contributed by atoms with Gasteiger partial charge in [-0.3, -0.25) is 0 Å². The summed E-state index contributed by atoms with van der Waals surface area (Å²) in [5, 5.41) is 4.37. The van der Waals surface area contributed by atoms with E-state index in [2.05, 4.69) is 42.0 Å². The Morgan fingerprint density at radius 2 is 2.00 bits per heavy atom. The van der Waals surface area contributed by atoms with Gasteiger partial charge in [-0.2, -0.15) is 0 Å². The van der Waals surface area contributed by atoms with Crippen LogP contribution in [0.25, 0.3) is 22.3 Å². The Morgan fingerprint density at radius 1 is 1.09 bits per heavy atom. The molecule has 0 saturated carbocycles. The number of nitrogens with one attached hydrogen (secondary N) is 2. The van der Waals surface area contributed by atoms with E-state index in [1.54, 1.807) is 6.33 Å². The molecule has 0 spiro atoms. The Balaban J connectivity index is 1.48. The molecule has 0 aliphatic carbocycles. The van der Waals surface area contributed by atoms with Gasteiger partial charge in [0.1, 0.15) is 17.8 Å². The van der Waals surface area contributed by atoms with Crippen LogP contribution < -0.4 is 5.32 Å². The lowest BCUT2D eigenvalue weighted by molar-refractivity contribution is 0.732. The molecule has 114 valence electrons. The maximum absolute atomic E-state index is 4.31. The smallest absolute Gasteiger partial charge is 0.142 e. The molecule has 0 bridgehead atoms. The summed E-state index contributed by atoms with van der Waals surface area (Å²) in [5.41, 5.74) is 3.12. The van der Waals surface area contributed by atoms with Gasteiger partial charge >= 0.3 is 0 Å². The minimum Gasteiger partial charge on any atom is -0.368 e. The fourth-order valence-corrected chi connectivity index (χ4v) is 2.66. The second-order valence-corrected chi connectivity index (χ2v) is 5.23. The third-order valence-corrected chi connectivity index (χ3v) is 3.78. The lowest BCUT2D eigenvalue weighted by Gasteiger charge is -2.10. The number of aromatic amines is 1. The Hall–Kier alpha value is -3.15. The second kappa shape index (κ2) is 5.92. The summed E-state index contributed by atoms with van der Waals surface area (Å²) in [5.74, 6) is 0.845. The molecule has 0 fully saturated rings. The van der Waals surface area contributed by atoms with Crippen molar-refractivity contribution in [1.29, 1.82) is 0 Å². The zero-order chi connectivity index (χ0) is 15.5. The quantitative estimate of drug-likeness (QED) is 0.594. The van der Waals surface area contributed by atoms with E-state index in [1.807, 2.05) is 43.0 Å². The molecule has 0 amide bonds. The molecule has 0 radical (unpaired) electrons. The topological polar surface area (TPSA) is 71.4 Å². The van der Waals surface area contributed by atoms with E-state index in [9.17, 15) is 0 Å². The van der Waals surface area contributed by atoms with Gasteiger partial charge in [0, 0.05) is 19.3 Å². The van der Waals surface area contributed by atoms with Crippen LogP contribution in [0.2, 0.25) is 0 Å². The van der Waals surface area contributed by atoms with Gasteiger partial charge in [-0.05, 0) is 11.6 Å². The van der Waals surface area contributed by atoms with Crippen molar-refractivity contribution in [3.05, 3.63) is 61.4 Å². The molecule has 0 aliphatic heterocycles. The van der Waals surface area contributed by atoms with Crippen LogP contribution in [0.5, 0.6) is 0 Å². The van der Waals surface area contributed by atoms with Crippen molar-refractivity contribution >= 4 is 16.9 Å². The highest BCUT2D eigenvalue weighted by Gasteiger charge is 2.06. The molecule has 4 rings (SSSR count). The van der Waals surface area contributed by atoms with E-state index in [4.69, 9.17) is 0 Å². The Bertz CT molecular complexity index is 909. The average molecular weight is 304 g/mol. The molecular weight excluding hydrogens is 288 g/mol. The van der Waals surface area contributed by atoms with Gasteiger partial charge in [-0.15, -0.1) is 0 Å². The van der Waals surface area contributed by atoms with Gasteiger partial charge in [0.25, 0.3) is 0 Å². The van der Waals surface area contributed by atoms with Gasteiger partial charge in [0.05, 0.1) is 23.6 Å². The number of nitrogens with zero attached hydrogens (tertiary/aromatic N) is 4. The molecule has 0 atom stereocenters. The normalized spacial score (nSPS) is 11.0. The van der Waals surface area contributed by atoms with Gasteiger partial charge in [-0.25, -0.2) is 15.0 Å². The Kier molecular flexibility index (Phi) is 3.48. The molecule has 3 heterocycles. The highest BCUT2D eigenvalue weighted by atomic mass is 15.1. The minimum absolute atomic E-state index is 0.757. The lowest BCUT2D eigenvalue weighted by atomic mass is 10.2. The number of H-pyrrole nitrogens is 1. The van der Waals surface area contributed by atoms with E-state index >= 15 is 0 Å². The van der Waals surface area contributed by atoms with Crippen LogP contribution in [0.1, 0.15) is 0 Å². The van der Waals surface area contributed by atoms with Crippen LogP contribution >= 0.6 is 0 Å². The molecule has 0 saturated heterocycles. The third-order valence-electron chi connectivity index (χ3n) is 3.78. The number of imidazole rings is 1. The van der Waals surface area contributed by atoms with Crippen LogP contribution in [-0.2, 0) is 6.54 Å². The predicted octanol–water partition coefficient (Wildman–Crippen LogP) is 2.93. The van der Waals surface area contributed by atoms with Gasteiger partial charge < -0.3 is 14.9 Å². The van der Waals surface area contributed by atoms with Crippen LogP contribution in [0, 0.1) is 0 Å². The number of hydrogen-bond acceptors (Lipinski definition) is 4. The van der Waals surface area contributed by atoms with Crippen molar-refractivity contribution in [2.24, 2.45) is 0 Å². The summed E-state index contributed by atoms with van der Waals surface area (Å²) in [4.78, 5) is 15.9. The number of rotatable bonds is 5. The molecule has 2 N–H and O–H groups in total. The summed E-state index contributed by atoms with van der Waals surface area (Å²) >= 11 is 0. The first-order valence-electron chi connectivity index (χ1n) is 7.49. The van der Waals surface area contributed by atoms with Crippen LogP contribution in [0.3, 0.4) is 0 Å². The monoisotopic (exact) mass is 304 g/mol. The summed E-state index contributed by atoms with van der Waals surface area (Å²) in [6.07, 6.45) is 7.18. The average Bonchev–Trinajstić information content (AvgIpc) is 3.25. The van der Waals surface area contributed by atoms with Crippen molar-refractivity contribution < 1.29 is 0 Å². The predicted molar refractivity (Wildman–Crippen MR) is 90.0 cm³/mol. The molecule has 0 aliphatic rings. The van der Waals surface area contributed by atoms with Gasteiger partial charge in [-0.1, -0.05) is 30.3 Å². The third kappa shape index (κ3) is 2.66. The molecule has 3 aromatic heterocycles. The maximum Gasteiger partial charge on any atom is 0.142 e. The molecule has 6 nitrogen and oxygen atoms in total. The molecular formula is C17H16N6.